The zero-order valence-electron chi connectivity index (χ0n) is 14.9. The molecule has 1 atom stereocenters. The number of halogens is 2. The second kappa shape index (κ2) is 11.3. The molecule has 8 heteroatoms. The van der Waals surface area contributed by atoms with Crippen molar-refractivity contribution in [1.29, 1.82) is 0 Å². The average Bonchev–Trinajstić information content (AvgIpc) is 2.64. The number of benzene rings is 2. The van der Waals surface area contributed by atoms with Crippen molar-refractivity contribution in [1.82, 2.24) is 10.6 Å². The van der Waals surface area contributed by atoms with E-state index in [0.29, 0.717) is 20.3 Å². The van der Waals surface area contributed by atoms with Gasteiger partial charge in [0.05, 0.1) is 0 Å². The van der Waals surface area contributed by atoms with Gasteiger partial charge in [0.1, 0.15) is 0 Å². The lowest BCUT2D eigenvalue weighted by Crippen LogP contribution is -2.40. The van der Waals surface area contributed by atoms with Crippen molar-refractivity contribution in [3.63, 3.8) is 0 Å². The molecule has 0 heterocycles. The molecule has 0 bridgehead atoms. The molecule has 2 aromatic rings. The minimum Gasteiger partial charge on any atom is -0.362 e. The summed E-state index contributed by atoms with van der Waals surface area (Å²) < 4.78 is 0. The first-order valence-electron chi connectivity index (χ1n) is 8.59. The summed E-state index contributed by atoms with van der Waals surface area (Å²) in [7, 11) is 0. The molecule has 0 aromatic heterocycles. The van der Waals surface area contributed by atoms with E-state index in [1.54, 1.807) is 0 Å². The monoisotopic (exact) mass is 440 g/mol. The van der Waals surface area contributed by atoms with Crippen molar-refractivity contribution in [2.75, 3.05) is 17.2 Å². The van der Waals surface area contributed by atoms with Gasteiger partial charge in [0.2, 0.25) is 0 Å². The first-order chi connectivity index (χ1) is 13.0. The Balaban J connectivity index is 1.71. The predicted octanol–water partition coefficient (Wildman–Crippen LogP) is 5.44. The van der Waals surface area contributed by atoms with Crippen molar-refractivity contribution in [3.05, 3.63) is 58.6 Å². The normalized spacial score (nSPS) is 11.4. The summed E-state index contributed by atoms with van der Waals surface area (Å²) in [5, 5.41) is 15.4. The molecule has 0 unspecified atom stereocenters. The Bertz CT molecular complexity index is 751. The third kappa shape index (κ3) is 8.30. The molecular formula is C19H22Cl2N4S2. The summed E-state index contributed by atoms with van der Waals surface area (Å²) in [6, 6.07) is 15.1. The minimum absolute atomic E-state index is 0.239. The van der Waals surface area contributed by atoms with Crippen LogP contribution in [0.15, 0.2) is 48.5 Å². The van der Waals surface area contributed by atoms with Gasteiger partial charge in [-0.2, -0.15) is 0 Å². The highest BCUT2D eigenvalue weighted by Crippen LogP contribution is 2.14. The largest absolute Gasteiger partial charge is 0.362 e. The number of hydrogen-bond donors (Lipinski definition) is 4. The van der Waals surface area contributed by atoms with Gasteiger partial charge in [0, 0.05) is 34.0 Å². The minimum atomic E-state index is 0.239. The van der Waals surface area contributed by atoms with E-state index in [2.05, 4.69) is 28.2 Å². The Hall–Kier alpha value is -1.60. The third-order valence-electron chi connectivity index (χ3n) is 3.81. The van der Waals surface area contributed by atoms with Gasteiger partial charge < -0.3 is 21.3 Å². The van der Waals surface area contributed by atoms with Crippen molar-refractivity contribution in [2.24, 2.45) is 0 Å². The molecule has 0 aliphatic carbocycles. The SMILES string of the molecule is CC[C@@H](CCNC(=S)Nc1ccc(Cl)cc1)NC(=S)Nc1ccc(Cl)cc1. The summed E-state index contributed by atoms with van der Waals surface area (Å²) in [5.74, 6) is 0. The van der Waals surface area contributed by atoms with Crippen LogP contribution < -0.4 is 21.3 Å². The summed E-state index contributed by atoms with van der Waals surface area (Å²) in [5.41, 5.74) is 1.80. The van der Waals surface area contributed by atoms with E-state index < -0.39 is 0 Å². The van der Waals surface area contributed by atoms with Gasteiger partial charge in [-0.3, -0.25) is 0 Å². The average molecular weight is 441 g/mol. The molecule has 144 valence electrons. The second-order valence-corrected chi connectivity index (χ2v) is 7.58. The molecule has 4 nitrogen and oxygen atoms in total. The van der Waals surface area contributed by atoms with Crippen LogP contribution in [-0.2, 0) is 0 Å². The highest BCUT2D eigenvalue weighted by molar-refractivity contribution is 7.80. The third-order valence-corrected chi connectivity index (χ3v) is 4.78. The molecule has 2 rings (SSSR count). The smallest absolute Gasteiger partial charge is 0.170 e. The summed E-state index contributed by atoms with van der Waals surface area (Å²) in [6.07, 6.45) is 1.82. The van der Waals surface area contributed by atoms with Gasteiger partial charge in [-0.1, -0.05) is 30.1 Å². The lowest BCUT2D eigenvalue weighted by Gasteiger charge is -2.20. The zero-order valence-corrected chi connectivity index (χ0v) is 18.0. The van der Waals surface area contributed by atoms with Gasteiger partial charge >= 0.3 is 0 Å². The van der Waals surface area contributed by atoms with Crippen molar-refractivity contribution >= 4 is 69.2 Å². The molecule has 0 aliphatic heterocycles. The van der Waals surface area contributed by atoms with Crippen LogP contribution in [0.4, 0.5) is 11.4 Å². The van der Waals surface area contributed by atoms with Crippen LogP contribution in [0.3, 0.4) is 0 Å². The zero-order chi connectivity index (χ0) is 19.6. The predicted molar refractivity (Wildman–Crippen MR) is 125 cm³/mol. The molecule has 0 aliphatic rings. The van der Waals surface area contributed by atoms with Crippen LogP contribution >= 0.6 is 47.6 Å². The molecule has 0 amide bonds. The van der Waals surface area contributed by atoms with E-state index in [1.165, 1.54) is 0 Å². The Morgan fingerprint density at radius 3 is 1.81 bits per heavy atom. The standard InChI is InChI=1S/C19H22Cl2N4S2/c1-2-15(23-19(27)25-17-9-5-14(21)6-10-17)11-12-22-18(26)24-16-7-3-13(20)4-8-16/h3-10,15H,2,11-12H2,1H3,(H2,22,24,26)(H2,23,25,27)/t15-/m0/s1. The van der Waals surface area contributed by atoms with Crippen LogP contribution in [-0.4, -0.2) is 22.8 Å². The summed E-state index contributed by atoms with van der Waals surface area (Å²) in [4.78, 5) is 0. The number of nitrogens with one attached hydrogen (secondary N) is 4. The number of rotatable bonds is 7. The maximum atomic E-state index is 5.89. The molecule has 27 heavy (non-hydrogen) atoms. The van der Waals surface area contributed by atoms with Crippen LogP contribution in [0.25, 0.3) is 0 Å². The van der Waals surface area contributed by atoms with Gasteiger partial charge in [-0.15, -0.1) is 0 Å². The molecule has 0 saturated heterocycles. The summed E-state index contributed by atoms with van der Waals surface area (Å²) in [6.45, 7) is 2.85. The fraction of sp³-hybridized carbons (Fsp3) is 0.263. The van der Waals surface area contributed by atoms with Gasteiger partial charge in [-0.25, -0.2) is 0 Å². The first kappa shape index (κ1) is 21.7. The summed E-state index contributed by atoms with van der Waals surface area (Å²) >= 11 is 22.5. The van der Waals surface area contributed by atoms with E-state index in [-0.39, 0.29) is 6.04 Å². The van der Waals surface area contributed by atoms with Crippen LogP contribution in [0, 0.1) is 0 Å². The quantitative estimate of drug-likeness (QED) is 0.430. The van der Waals surface area contributed by atoms with E-state index in [1.807, 2.05) is 48.5 Å². The van der Waals surface area contributed by atoms with Crippen molar-refractivity contribution in [2.45, 2.75) is 25.8 Å². The molecule has 0 radical (unpaired) electrons. The fourth-order valence-electron chi connectivity index (χ4n) is 2.33. The van der Waals surface area contributed by atoms with E-state index >= 15 is 0 Å². The number of hydrogen-bond acceptors (Lipinski definition) is 2. The second-order valence-electron chi connectivity index (χ2n) is 5.89. The first-order valence-corrected chi connectivity index (χ1v) is 10.2. The van der Waals surface area contributed by atoms with E-state index in [4.69, 9.17) is 47.6 Å². The van der Waals surface area contributed by atoms with Gasteiger partial charge in [0.15, 0.2) is 10.2 Å². The maximum absolute atomic E-state index is 5.89. The molecule has 2 aromatic carbocycles. The lowest BCUT2D eigenvalue weighted by atomic mass is 10.1. The maximum Gasteiger partial charge on any atom is 0.170 e. The Morgan fingerprint density at radius 1 is 0.852 bits per heavy atom. The van der Waals surface area contributed by atoms with Crippen molar-refractivity contribution in [3.8, 4) is 0 Å². The van der Waals surface area contributed by atoms with Crippen LogP contribution in [0.1, 0.15) is 19.8 Å². The highest BCUT2D eigenvalue weighted by Gasteiger charge is 2.08. The Morgan fingerprint density at radius 2 is 1.33 bits per heavy atom. The molecule has 4 N–H and O–H groups in total. The van der Waals surface area contributed by atoms with Crippen LogP contribution in [0.5, 0.6) is 0 Å². The van der Waals surface area contributed by atoms with E-state index in [9.17, 15) is 0 Å². The van der Waals surface area contributed by atoms with Crippen molar-refractivity contribution < 1.29 is 0 Å². The Kier molecular flexibility index (Phi) is 9.07. The van der Waals surface area contributed by atoms with Gasteiger partial charge in [-0.05, 0) is 85.8 Å². The molecular weight excluding hydrogens is 419 g/mol. The molecule has 0 fully saturated rings. The van der Waals surface area contributed by atoms with Crippen LogP contribution in [0.2, 0.25) is 10.0 Å². The fourth-order valence-corrected chi connectivity index (χ4v) is 3.09. The molecule has 0 saturated carbocycles. The number of anilines is 2. The lowest BCUT2D eigenvalue weighted by molar-refractivity contribution is 0.542. The number of thiocarbonyl (C=S) groups is 2. The highest BCUT2D eigenvalue weighted by atomic mass is 35.5. The van der Waals surface area contributed by atoms with Gasteiger partial charge in [0.25, 0.3) is 0 Å². The molecule has 0 spiro atoms. The topological polar surface area (TPSA) is 48.1 Å². The Labute approximate surface area is 181 Å². The van der Waals surface area contributed by atoms with E-state index in [0.717, 1.165) is 30.8 Å².